The Bertz CT molecular complexity index is 997. The third-order valence-corrected chi connectivity index (χ3v) is 5.74. The maximum absolute atomic E-state index is 13.1. The maximum Gasteiger partial charge on any atom is 0.237 e. The molecule has 0 aliphatic heterocycles. The van der Waals surface area contributed by atoms with Gasteiger partial charge in [-0.3, -0.25) is 4.79 Å². The summed E-state index contributed by atoms with van der Waals surface area (Å²) in [5.41, 5.74) is 1.31. The molecular weight excluding hydrogens is 427 g/mol. The number of carbonyl (C=O) groups is 1. The predicted molar refractivity (Wildman–Crippen MR) is 117 cm³/mol. The van der Waals surface area contributed by atoms with Gasteiger partial charge in [0, 0.05) is 31.5 Å². The van der Waals surface area contributed by atoms with E-state index in [2.05, 4.69) is 15.5 Å². The minimum absolute atomic E-state index is 0.211. The minimum atomic E-state index is -0.445. The molecule has 0 fully saturated rings. The van der Waals surface area contributed by atoms with Crippen LogP contribution in [0.15, 0.2) is 53.7 Å². The Morgan fingerprint density at radius 2 is 1.97 bits per heavy atom. The van der Waals surface area contributed by atoms with Gasteiger partial charge in [0.1, 0.15) is 5.82 Å². The van der Waals surface area contributed by atoms with Gasteiger partial charge in [-0.25, -0.2) is 4.39 Å². The van der Waals surface area contributed by atoms with Crippen LogP contribution >= 0.6 is 23.4 Å². The fourth-order valence-corrected chi connectivity index (χ4v) is 3.87. The van der Waals surface area contributed by atoms with Crippen LogP contribution in [0.5, 0.6) is 0 Å². The van der Waals surface area contributed by atoms with Crippen LogP contribution in [0.3, 0.4) is 0 Å². The fourth-order valence-electron chi connectivity index (χ4n) is 2.77. The average Bonchev–Trinajstić information content (AvgIpc) is 3.12. The lowest BCUT2D eigenvalue weighted by atomic mass is 10.2. The number of carbonyl (C=O) groups excluding carboxylic acids is 1. The molecule has 158 valence electrons. The van der Waals surface area contributed by atoms with Gasteiger partial charge in [-0.1, -0.05) is 35.5 Å². The molecule has 9 heteroatoms. The molecule has 30 heavy (non-hydrogen) atoms. The van der Waals surface area contributed by atoms with Crippen LogP contribution < -0.4 is 5.32 Å². The quantitative estimate of drug-likeness (QED) is 0.372. The van der Waals surface area contributed by atoms with Gasteiger partial charge in [-0.15, -0.1) is 10.2 Å². The summed E-state index contributed by atoms with van der Waals surface area (Å²) in [4.78, 5) is 12.6. The van der Waals surface area contributed by atoms with E-state index in [1.807, 2.05) is 22.8 Å². The zero-order valence-corrected chi connectivity index (χ0v) is 18.2. The van der Waals surface area contributed by atoms with Crippen LogP contribution in [0.2, 0.25) is 5.02 Å². The number of nitrogens with zero attached hydrogens (tertiary/aromatic N) is 3. The van der Waals surface area contributed by atoms with Gasteiger partial charge in [-0.05, 0) is 49.7 Å². The van der Waals surface area contributed by atoms with Crippen molar-refractivity contribution >= 4 is 35.0 Å². The topological polar surface area (TPSA) is 69.0 Å². The number of amides is 1. The Hall–Kier alpha value is -2.42. The second-order valence-corrected chi connectivity index (χ2v) is 8.26. The predicted octanol–water partition coefficient (Wildman–Crippen LogP) is 4.89. The number of nitrogens with one attached hydrogen (secondary N) is 1. The monoisotopic (exact) mass is 448 g/mol. The van der Waals surface area contributed by atoms with E-state index in [4.69, 9.17) is 16.3 Å². The minimum Gasteiger partial charge on any atom is -0.385 e. The summed E-state index contributed by atoms with van der Waals surface area (Å²) in [7, 11) is 1.65. The first-order valence-corrected chi connectivity index (χ1v) is 10.7. The summed E-state index contributed by atoms with van der Waals surface area (Å²) in [6.45, 7) is 2.99. The molecule has 0 unspecified atom stereocenters. The van der Waals surface area contributed by atoms with Crippen molar-refractivity contribution < 1.29 is 13.9 Å². The molecule has 2 aromatic carbocycles. The molecule has 0 bridgehead atoms. The van der Waals surface area contributed by atoms with Crippen LogP contribution in [0.25, 0.3) is 11.4 Å². The van der Waals surface area contributed by atoms with E-state index < -0.39 is 5.25 Å². The molecule has 1 amide bonds. The number of rotatable bonds is 9. The standard InChI is InChI=1S/C21H22ClFN4O2S/c1-14(20(28)24-16-10-8-15(23)9-11-16)30-21-26-25-19(27(21)12-5-13-29-2)17-6-3-4-7-18(17)22/h3-4,6-11,14H,5,12-13H2,1-2H3,(H,24,28)/t14-/m1/s1. The van der Waals surface area contributed by atoms with Gasteiger partial charge in [0.2, 0.25) is 5.91 Å². The molecule has 1 heterocycles. The Labute approximate surface area is 183 Å². The van der Waals surface area contributed by atoms with Gasteiger partial charge in [0.05, 0.1) is 10.3 Å². The highest BCUT2D eigenvalue weighted by molar-refractivity contribution is 8.00. The summed E-state index contributed by atoms with van der Waals surface area (Å²) in [6.07, 6.45) is 0.760. The average molecular weight is 449 g/mol. The number of methoxy groups -OCH3 is 1. The highest BCUT2D eigenvalue weighted by Gasteiger charge is 2.21. The first-order valence-electron chi connectivity index (χ1n) is 9.39. The molecule has 0 radical (unpaired) electrons. The first-order chi connectivity index (χ1) is 14.5. The summed E-state index contributed by atoms with van der Waals surface area (Å²) >= 11 is 7.65. The van der Waals surface area contributed by atoms with Crippen LogP contribution in [0, 0.1) is 5.82 Å². The molecule has 0 aliphatic rings. The third-order valence-electron chi connectivity index (χ3n) is 4.32. The SMILES string of the molecule is COCCCn1c(S[C@H](C)C(=O)Nc2ccc(F)cc2)nnc1-c1ccccc1Cl. The lowest BCUT2D eigenvalue weighted by Gasteiger charge is -2.14. The number of hydrogen-bond donors (Lipinski definition) is 1. The molecule has 0 saturated heterocycles. The van der Waals surface area contributed by atoms with Crippen LogP contribution in [-0.4, -0.2) is 39.6 Å². The largest absolute Gasteiger partial charge is 0.385 e. The lowest BCUT2D eigenvalue weighted by molar-refractivity contribution is -0.115. The molecular formula is C21H22ClFN4O2S. The Morgan fingerprint density at radius 3 is 2.67 bits per heavy atom. The molecule has 0 saturated carbocycles. The molecule has 1 N–H and O–H groups in total. The molecule has 0 spiro atoms. The summed E-state index contributed by atoms with van der Waals surface area (Å²) in [5.74, 6) is 0.0781. The third kappa shape index (κ3) is 5.59. The summed E-state index contributed by atoms with van der Waals surface area (Å²) < 4.78 is 20.2. The van der Waals surface area contributed by atoms with Crippen molar-refractivity contribution in [1.82, 2.24) is 14.8 Å². The van der Waals surface area contributed by atoms with Crippen molar-refractivity contribution in [1.29, 1.82) is 0 Å². The second kappa shape index (κ2) is 10.6. The molecule has 3 aromatic rings. The van der Waals surface area contributed by atoms with Crippen molar-refractivity contribution in [2.75, 3.05) is 19.0 Å². The smallest absolute Gasteiger partial charge is 0.237 e. The van der Waals surface area contributed by atoms with Crippen LogP contribution in [-0.2, 0) is 16.1 Å². The Balaban J connectivity index is 1.79. The molecule has 1 aromatic heterocycles. The van der Waals surface area contributed by atoms with Crippen molar-refractivity contribution in [3.8, 4) is 11.4 Å². The number of halogens is 2. The molecule has 0 aliphatic carbocycles. The molecule has 6 nitrogen and oxygen atoms in total. The number of benzene rings is 2. The summed E-state index contributed by atoms with van der Waals surface area (Å²) in [5, 5.41) is 12.2. The zero-order chi connectivity index (χ0) is 21.5. The normalized spacial score (nSPS) is 12.0. The highest BCUT2D eigenvalue weighted by Crippen LogP contribution is 2.31. The van der Waals surface area contributed by atoms with Crippen LogP contribution in [0.1, 0.15) is 13.3 Å². The highest BCUT2D eigenvalue weighted by atomic mass is 35.5. The first kappa shape index (κ1) is 22.3. The van der Waals surface area contributed by atoms with E-state index in [1.165, 1.54) is 36.0 Å². The number of aromatic nitrogens is 3. The van der Waals surface area contributed by atoms with Crippen LogP contribution in [0.4, 0.5) is 10.1 Å². The zero-order valence-electron chi connectivity index (χ0n) is 16.6. The van der Waals surface area contributed by atoms with E-state index >= 15 is 0 Å². The maximum atomic E-state index is 13.1. The van der Waals surface area contributed by atoms with E-state index in [0.29, 0.717) is 34.8 Å². The number of hydrogen-bond acceptors (Lipinski definition) is 5. The van der Waals surface area contributed by atoms with Gasteiger partial charge in [0.25, 0.3) is 0 Å². The Morgan fingerprint density at radius 1 is 1.23 bits per heavy atom. The van der Waals surface area contributed by atoms with E-state index in [-0.39, 0.29) is 11.7 Å². The van der Waals surface area contributed by atoms with E-state index in [1.54, 1.807) is 20.1 Å². The fraction of sp³-hybridized carbons (Fsp3) is 0.286. The van der Waals surface area contributed by atoms with Gasteiger partial charge in [-0.2, -0.15) is 0 Å². The summed E-state index contributed by atoms with van der Waals surface area (Å²) in [6, 6.07) is 13.1. The number of anilines is 1. The molecule has 1 atom stereocenters. The van der Waals surface area contributed by atoms with Crippen molar-refractivity contribution in [3.05, 3.63) is 59.4 Å². The van der Waals surface area contributed by atoms with Crippen molar-refractivity contribution in [3.63, 3.8) is 0 Å². The van der Waals surface area contributed by atoms with Crippen molar-refractivity contribution in [2.45, 2.75) is 30.3 Å². The van der Waals surface area contributed by atoms with Gasteiger partial charge in [0.15, 0.2) is 11.0 Å². The molecule has 3 rings (SSSR count). The lowest BCUT2D eigenvalue weighted by Crippen LogP contribution is -2.23. The number of ether oxygens (including phenoxy) is 1. The number of thioether (sulfide) groups is 1. The Kier molecular flexibility index (Phi) is 7.84. The van der Waals surface area contributed by atoms with E-state index in [0.717, 1.165) is 12.0 Å². The van der Waals surface area contributed by atoms with E-state index in [9.17, 15) is 9.18 Å². The van der Waals surface area contributed by atoms with Gasteiger partial charge < -0.3 is 14.6 Å². The van der Waals surface area contributed by atoms with Crippen molar-refractivity contribution in [2.24, 2.45) is 0 Å². The second-order valence-electron chi connectivity index (χ2n) is 6.54. The van der Waals surface area contributed by atoms with Gasteiger partial charge >= 0.3 is 0 Å².